The lowest BCUT2D eigenvalue weighted by molar-refractivity contribution is -0.385. The van der Waals surface area contributed by atoms with Crippen molar-refractivity contribution in [3.05, 3.63) is 272 Å². The van der Waals surface area contributed by atoms with Gasteiger partial charge in [0.2, 0.25) is 0 Å². The van der Waals surface area contributed by atoms with Gasteiger partial charge in [-0.3, -0.25) is 49.5 Å². The highest BCUT2D eigenvalue weighted by Gasteiger charge is 2.30. The molecule has 8 aromatic carbocycles. The minimum Gasteiger partial charge on any atom is -0.457 e. The van der Waals surface area contributed by atoms with Crippen LogP contribution in [0, 0.1) is 44.2 Å². The summed E-state index contributed by atoms with van der Waals surface area (Å²) in [4.78, 5) is 76.4. The van der Waals surface area contributed by atoms with Gasteiger partial charge in [-0.15, -0.1) is 0 Å². The highest BCUT2D eigenvalue weighted by molar-refractivity contribution is 9.10. The third-order valence-electron chi connectivity index (χ3n) is 13.5. The van der Waals surface area contributed by atoms with Crippen LogP contribution in [0.4, 0.5) is 17.1 Å². The molecule has 8 rings (SSSR count). The number of hydrogen-bond acceptors (Lipinski definition) is 22. The first-order chi connectivity index (χ1) is 45.8. The van der Waals surface area contributed by atoms with Crippen LogP contribution in [0.15, 0.2) is 218 Å². The van der Waals surface area contributed by atoms with Crippen LogP contribution in [-0.4, -0.2) is 95.3 Å². The second-order valence-corrected chi connectivity index (χ2v) is 31.1. The summed E-state index contributed by atoms with van der Waals surface area (Å²) in [6, 6.07) is 46.9. The molecule has 98 heavy (non-hydrogen) atoms. The molecule has 518 valence electrons. The average Bonchev–Trinajstić information content (AvgIpc) is 0.837. The molecule has 0 radical (unpaired) electrons. The fraction of sp³-hybridized carbons (Fsp3) is 0.212. The maximum atomic E-state index is 12.6. The number of halogens is 3. The number of carbonyl (C=O) groups excluding carboxylic acids is 4. The highest BCUT2D eigenvalue weighted by Crippen LogP contribution is 2.31. The second-order valence-electron chi connectivity index (χ2n) is 21.2. The summed E-state index contributed by atoms with van der Waals surface area (Å²) in [6.07, 6.45) is -4.14. The third kappa shape index (κ3) is 25.3. The number of non-ortho nitro benzene ring substituents is 3. The van der Waals surface area contributed by atoms with Gasteiger partial charge < -0.3 is 18.9 Å². The molecule has 0 aliphatic heterocycles. The fourth-order valence-corrected chi connectivity index (χ4v) is 14.8. The maximum absolute atomic E-state index is 12.6. The zero-order valence-corrected chi connectivity index (χ0v) is 59.1. The molecule has 0 saturated carbocycles. The van der Waals surface area contributed by atoms with Crippen molar-refractivity contribution < 1.29 is 86.6 Å². The van der Waals surface area contributed by atoms with Crippen LogP contribution in [0.2, 0.25) is 10.0 Å². The number of ether oxygens (including phenoxy) is 4. The lowest BCUT2D eigenvalue weighted by atomic mass is 10.1. The van der Waals surface area contributed by atoms with Gasteiger partial charge in [0.1, 0.15) is 24.4 Å². The number of benzene rings is 8. The molecule has 0 spiro atoms. The minimum atomic E-state index is -3.77. The van der Waals surface area contributed by atoms with Gasteiger partial charge in [0.25, 0.3) is 17.1 Å². The first kappa shape index (κ1) is 79.4. The van der Waals surface area contributed by atoms with Crippen molar-refractivity contribution in [3.63, 3.8) is 0 Å². The van der Waals surface area contributed by atoms with E-state index < -0.39 is 120 Å². The molecule has 0 aliphatic rings. The SMILES string of the molecule is CC(=O)OC(CS(=O)(=O)c1ccc(C)cc1)c1ccc([N+](=O)[O-])cc1.CC(=O)OC(CS(=O)(=O)c1ccc(C)cc1)c1cccc([N+](=O)[O-])c1.CC(=O)OC(CS(=O)(=O)c1ccc(Cl)cc1)c1ccc(Br)cc1.CC(=O)OC(CS(=O)(=O)c1ccc(Cl)cc1)c1ccc([N+](=O)[O-])cc1. The van der Waals surface area contributed by atoms with Crippen LogP contribution in [0.1, 0.15) is 85.5 Å². The zero-order valence-electron chi connectivity index (χ0n) is 52.7. The number of nitrogens with zero attached hydrogens (tertiary/aromatic N) is 3. The number of carbonyl (C=O) groups is 4. The van der Waals surface area contributed by atoms with E-state index >= 15 is 0 Å². The molecule has 0 bridgehead atoms. The van der Waals surface area contributed by atoms with Crippen LogP contribution in [-0.2, 0) is 77.5 Å². The van der Waals surface area contributed by atoms with E-state index in [1.165, 1.54) is 159 Å². The quantitative estimate of drug-likeness (QED) is 0.0248. The summed E-state index contributed by atoms with van der Waals surface area (Å²) in [5.41, 5.74) is 2.93. The van der Waals surface area contributed by atoms with E-state index in [0.717, 1.165) is 29.4 Å². The molecule has 4 unspecified atom stereocenters. The van der Waals surface area contributed by atoms with Crippen molar-refractivity contribution in [3.8, 4) is 0 Å². The minimum absolute atomic E-state index is 0.0379. The van der Waals surface area contributed by atoms with Gasteiger partial charge in [0, 0.05) is 84.2 Å². The second kappa shape index (κ2) is 35.8. The van der Waals surface area contributed by atoms with Crippen molar-refractivity contribution >= 4 is 119 Å². The normalized spacial score (nSPS) is 12.5. The fourth-order valence-electron chi connectivity index (χ4n) is 8.69. The predicted octanol–water partition coefficient (Wildman–Crippen LogP) is 13.5. The molecule has 0 amide bonds. The largest absolute Gasteiger partial charge is 0.457 e. The summed E-state index contributed by atoms with van der Waals surface area (Å²) in [5, 5.41) is 33.2. The van der Waals surface area contributed by atoms with Crippen LogP contribution < -0.4 is 0 Å². The smallest absolute Gasteiger partial charge is 0.303 e. The average molecular weight is 1530 g/mol. The Bertz CT molecular complexity index is 4460. The molecule has 32 heteroatoms. The Hall–Kier alpha value is -9.30. The molecule has 0 aliphatic carbocycles. The van der Waals surface area contributed by atoms with E-state index in [0.29, 0.717) is 26.7 Å². The van der Waals surface area contributed by atoms with Gasteiger partial charge in [-0.25, -0.2) is 33.7 Å². The van der Waals surface area contributed by atoms with E-state index in [2.05, 4.69) is 15.9 Å². The first-order valence-corrected chi connectivity index (χ1v) is 36.7. The number of esters is 4. The molecule has 25 nitrogen and oxygen atoms in total. The van der Waals surface area contributed by atoms with Crippen LogP contribution in [0.5, 0.6) is 0 Å². The summed E-state index contributed by atoms with van der Waals surface area (Å²) in [7, 11) is -14.9. The summed E-state index contributed by atoms with van der Waals surface area (Å²) < 4.78 is 122. The number of nitro groups is 3. The number of aryl methyl sites for hydroxylation is 2. The van der Waals surface area contributed by atoms with Crippen molar-refractivity contribution in [1.29, 1.82) is 0 Å². The number of rotatable bonds is 23. The maximum Gasteiger partial charge on any atom is 0.303 e. The van der Waals surface area contributed by atoms with Crippen molar-refractivity contribution in [2.45, 2.75) is 85.5 Å². The van der Waals surface area contributed by atoms with E-state index in [4.69, 9.17) is 42.1 Å². The number of hydrogen-bond donors (Lipinski definition) is 0. The van der Waals surface area contributed by atoms with Crippen LogP contribution in [0.3, 0.4) is 0 Å². The van der Waals surface area contributed by atoms with Gasteiger partial charge >= 0.3 is 23.9 Å². The van der Waals surface area contributed by atoms with E-state index in [-0.39, 0.29) is 48.0 Å². The molecule has 0 aromatic heterocycles. The summed E-state index contributed by atoms with van der Waals surface area (Å²) in [5.74, 6) is -4.29. The zero-order chi connectivity index (χ0) is 72.9. The number of nitro benzene ring substituents is 3. The van der Waals surface area contributed by atoms with Crippen molar-refractivity contribution in [1.82, 2.24) is 0 Å². The Morgan fingerprint density at radius 3 is 0.867 bits per heavy atom. The van der Waals surface area contributed by atoms with Crippen molar-refractivity contribution in [2.75, 3.05) is 23.0 Å². The van der Waals surface area contributed by atoms with Crippen LogP contribution >= 0.6 is 39.1 Å². The standard InChI is InChI=1S/2C17H17NO6S.C16H14BrClO4S.C16H14ClNO6S/c1-12-3-9-16(10-4-12)25(22,23)11-17(24-13(2)19)14-5-7-15(8-6-14)18(20)21;1-12-6-8-16(9-7-12)25(22,23)11-17(24-13(2)19)14-4-3-5-15(10-14)18(20)21;1-11(19)22-16(12-2-4-13(17)5-3-12)10-23(20,21)15-8-6-14(18)7-9-15;1-11(19)24-16(12-2-6-14(7-3-12)18(20)21)10-25(22,23)15-8-4-13(17)5-9-15/h2*3-10,17H,11H2,1-2H3;2-9,16H,10H2,1H3;2-9,16H,10H2,1H3. The van der Waals surface area contributed by atoms with Gasteiger partial charge in [-0.2, -0.15) is 0 Å². The predicted molar refractivity (Wildman–Crippen MR) is 365 cm³/mol. The molecule has 0 heterocycles. The molecular weight excluding hydrogens is 1470 g/mol. The molecule has 0 saturated heterocycles. The Morgan fingerprint density at radius 2 is 0.612 bits per heavy atom. The monoisotopic (exact) mass is 1530 g/mol. The summed E-state index contributed by atoms with van der Waals surface area (Å²) >= 11 is 14.8. The lowest BCUT2D eigenvalue weighted by Gasteiger charge is -2.18. The topological polar surface area (TPSA) is 371 Å². The molecule has 0 N–H and O–H groups in total. The summed E-state index contributed by atoms with van der Waals surface area (Å²) in [6.45, 7) is 8.42. The Labute approximate surface area is 582 Å². The van der Waals surface area contributed by atoms with Gasteiger partial charge in [0.05, 0.1) is 57.4 Å². The third-order valence-corrected chi connectivity index (χ3v) is 21.4. The Balaban J connectivity index is 0.000000236. The Kier molecular flexibility index (Phi) is 29.0. The molecule has 8 aromatic rings. The molecule has 4 atom stereocenters. The lowest BCUT2D eigenvalue weighted by Crippen LogP contribution is -2.19. The van der Waals surface area contributed by atoms with Crippen molar-refractivity contribution in [2.24, 2.45) is 0 Å². The number of sulfone groups is 4. The van der Waals surface area contributed by atoms with Gasteiger partial charge in [0.15, 0.2) is 39.3 Å². The Morgan fingerprint density at radius 1 is 0.367 bits per heavy atom. The first-order valence-electron chi connectivity index (χ1n) is 28.6. The van der Waals surface area contributed by atoms with Crippen LogP contribution in [0.25, 0.3) is 0 Å². The van der Waals surface area contributed by atoms with Gasteiger partial charge in [-0.05, 0) is 140 Å². The van der Waals surface area contributed by atoms with E-state index in [1.807, 2.05) is 13.8 Å². The highest BCUT2D eigenvalue weighted by atomic mass is 79.9. The molecule has 0 fully saturated rings. The molecular formula is C66H62BrCl2N3O22S4. The van der Waals surface area contributed by atoms with Gasteiger partial charge in [-0.1, -0.05) is 98.8 Å². The van der Waals surface area contributed by atoms with E-state index in [1.54, 1.807) is 48.5 Å². The van der Waals surface area contributed by atoms with E-state index in [9.17, 15) is 83.2 Å².